The zero-order chi connectivity index (χ0) is 12.3. The van der Waals surface area contributed by atoms with Crippen molar-refractivity contribution in [3.63, 3.8) is 0 Å². The van der Waals surface area contributed by atoms with Gasteiger partial charge in [0.2, 0.25) is 0 Å². The minimum atomic E-state index is 0.210. The van der Waals surface area contributed by atoms with Crippen molar-refractivity contribution in [3.05, 3.63) is 64.1 Å². The first-order chi connectivity index (χ1) is 8.20. The van der Waals surface area contributed by atoms with Crippen molar-refractivity contribution in [2.45, 2.75) is 4.83 Å². The normalized spacial score (nSPS) is 12.2. The first kappa shape index (κ1) is 12.7. The number of halogens is 2. The highest BCUT2D eigenvalue weighted by Gasteiger charge is 2.09. The molecule has 0 aliphatic rings. The molecule has 1 atom stereocenters. The standard InChI is InChI=1S/C14H12Br2O/c1-17-13-8-4-11(5-9-13)14(16)10-2-6-12(15)7-3-10/h2-9,14H,1H3. The van der Waals surface area contributed by atoms with Gasteiger partial charge in [-0.15, -0.1) is 0 Å². The van der Waals surface area contributed by atoms with Gasteiger partial charge in [-0.2, -0.15) is 0 Å². The highest BCUT2D eigenvalue weighted by molar-refractivity contribution is 9.10. The summed E-state index contributed by atoms with van der Waals surface area (Å²) in [6.07, 6.45) is 0. The second-order valence-corrected chi connectivity index (χ2v) is 5.52. The first-order valence-electron chi connectivity index (χ1n) is 5.24. The van der Waals surface area contributed by atoms with E-state index in [2.05, 4.69) is 56.1 Å². The number of alkyl halides is 1. The topological polar surface area (TPSA) is 9.23 Å². The van der Waals surface area contributed by atoms with Crippen LogP contribution >= 0.6 is 31.9 Å². The number of rotatable bonds is 3. The maximum Gasteiger partial charge on any atom is 0.118 e. The summed E-state index contributed by atoms with van der Waals surface area (Å²) in [6.45, 7) is 0. The molecule has 0 aliphatic heterocycles. The van der Waals surface area contributed by atoms with Crippen LogP contribution in [-0.4, -0.2) is 7.11 Å². The smallest absolute Gasteiger partial charge is 0.118 e. The lowest BCUT2D eigenvalue weighted by Crippen LogP contribution is -1.92. The molecular formula is C14H12Br2O. The van der Waals surface area contributed by atoms with Crippen molar-refractivity contribution in [2.24, 2.45) is 0 Å². The Morgan fingerprint density at radius 3 is 1.82 bits per heavy atom. The van der Waals surface area contributed by atoms with Crippen molar-refractivity contribution in [1.29, 1.82) is 0 Å². The second-order valence-electron chi connectivity index (χ2n) is 3.69. The van der Waals surface area contributed by atoms with Crippen LogP contribution in [0, 0.1) is 0 Å². The Morgan fingerprint density at radius 2 is 1.35 bits per heavy atom. The molecule has 2 aromatic carbocycles. The van der Waals surface area contributed by atoms with Gasteiger partial charge in [0.1, 0.15) is 5.75 Å². The zero-order valence-corrected chi connectivity index (χ0v) is 12.5. The number of ether oxygens (including phenoxy) is 1. The van der Waals surface area contributed by atoms with Crippen LogP contribution in [0.3, 0.4) is 0 Å². The predicted molar refractivity (Wildman–Crippen MR) is 77.9 cm³/mol. The quantitative estimate of drug-likeness (QED) is 0.708. The second kappa shape index (κ2) is 5.69. The Kier molecular flexibility index (Phi) is 4.24. The molecule has 0 spiro atoms. The van der Waals surface area contributed by atoms with E-state index in [1.54, 1.807) is 7.11 Å². The molecule has 0 fully saturated rings. The van der Waals surface area contributed by atoms with Gasteiger partial charge in [0.25, 0.3) is 0 Å². The van der Waals surface area contributed by atoms with Crippen LogP contribution < -0.4 is 4.74 Å². The summed E-state index contributed by atoms with van der Waals surface area (Å²) in [6, 6.07) is 16.4. The molecule has 0 heterocycles. The van der Waals surface area contributed by atoms with Crippen molar-refractivity contribution in [2.75, 3.05) is 7.11 Å². The van der Waals surface area contributed by atoms with E-state index in [1.807, 2.05) is 24.3 Å². The number of benzene rings is 2. The molecule has 0 radical (unpaired) electrons. The van der Waals surface area contributed by atoms with Gasteiger partial charge in [-0.3, -0.25) is 0 Å². The van der Waals surface area contributed by atoms with E-state index >= 15 is 0 Å². The maximum absolute atomic E-state index is 5.15. The van der Waals surface area contributed by atoms with Crippen molar-refractivity contribution in [3.8, 4) is 5.75 Å². The van der Waals surface area contributed by atoms with E-state index in [-0.39, 0.29) is 4.83 Å². The molecule has 0 aromatic heterocycles. The van der Waals surface area contributed by atoms with Crippen LogP contribution in [0.5, 0.6) is 5.75 Å². The summed E-state index contributed by atoms with van der Waals surface area (Å²) in [5.74, 6) is 0.879. The first-order valence-corrected chi connectivity index (χ1v) is 6.95. The van der Waals surface area contributed by atoms with Gasteiger partial charge in [0.05, 0.1) is 11.9 Å². The number of methoxy groups -OCH3 is 1. The molecule has 0 saturated carbocycles. The lowest BCUT2D eigenvalue weighted by molar-refractivity contribution is 0.414. The van der Waals surface area contributed by atoms with Gasteiger partial charge in [-0.1, -0.05) is 56.1 Å². The molecular weight excluding hydrogens is 344 g/mol. The van der Waals surface area contributed by atoms with Gasteiger partial charge in [-0.05, 0) is 35.4 Å². The van der Waals surface area contributed by atoms with E-state index < -0.39 is 0 Å². The molecule has 0 aliphatic carbocycles. The summed E-state index contributed by atoms with van der Waals surface area (Å²) in [5, 5.41) is 0. The van der Waals surface area contributed by atoms with Gasteiger partial charge in [0, 0.05) is 4.47 Å². The van der Waals surface area contributed by atoms with E-state index in [0.717, 1.165) is 10.2 Å². The largest absolute Gasteiger partial charge is 0.497 e. The molecule has 0 N–H and O–H groups in total. The third-order valence-corrected chi connectivity index (χ3v) is 4.16. The van der Waals surface area contributed by atoms with Crippen molar-refractivity contribution >= 4 is 31.9 Å². The van der Waals surface area contributed by atoms with Gasteiger partial charge in [0.15, 0.2) is 0 Å². The van der Waals surface area contributed by atoms with E-state index in [1.165, 1.54) is 11.1 Å². The van der Waals surface area contributed by atoms with Crippen LogP contribution in [0.15, 0.2) is 53.0 Å². The number of hydrogen-bond acceptors (Lipinski definition) is 1. The minimum Gasteiger partial charge on any atom is -0.497 e. The van der Waals surface area contributed by atoms with Gasteiger partial charge >= 0.3 is 0 Å². The van der Waals surface area contributed by atoms with E-state index in [4.69, 9.17) is 4.74 Å². The lowest BCUT2D eigenvalue weighted by Gasteiger charge is -2.11. The fourth-order valence-electron chi connectivity index (χ4n) is 1.60. The molecule has 0 bridgehead atoms. The Balaban J connectivity index is 2.23. The van der Waals surface area contributed by atoms with E-state index in [0.29, 0.717) is 0 Å². The maximum atomic E-state index is 5.15. The zero-order valence-electron chi connectivity index (χ0n) is 9.36. The molecule has 2 rings (SSSR count). The highest BCUT2D eigenvalue weighted by atomic mass is 79.9. The molecule has 0 amide bonds. The minimum absolute atomic E-state index is 0.210. The Morgan fingerprint density at radius 1 is 0.882 bits per heavy atom. The van der Waals surface area contributed by atoms with Crippen LogP contribution in [0.2, 0.25) is 0 Å². The summed E-state index contributed by atoms with van der Waals surface area (Å²) in [5.41, 5.74) is 2.45. The Labute approximate surface area is 118 Å². The number of hydrogen-bond donors (Lipinski definition) is 0. The monoisotopic (exact) mass is 354 g/mol. The third kappa shape index (κ3) is 3.11. The third-order valence-electron chi connectivity index (χ3n) is 2.57. The summed E-state index contributed by atoms with van der Waals surface area (Å²) >= 11 is 7.15. The van der Waals surface area contributed by atoms with Gasteiger partial charge in [-0.25, -0.2) is 0 Å². The fourth-order valence-corrected chi connectivity index (χ4v) is 2.47. The molecule has 88 valence electrons. The summed E-state index contributed by atoms with van der Waals surface area (Å²) < 4.78 is 6.24. The molecule has 17 heavy (non-hydrogen) atoms. The van der Waals surface area contributed by atoms with Crippen LogP contribution in [-0.2, 0) is 0 Å². The average Bonchev–Trinajstić information content (AvgIpc) is 2.39. The van der Waals surface area contributed by atoms with Crippen LogP contribution in [0.4, 0.5) is 0 Å². The average molecular weight is 356 g/mol. The molecule has 0 saturated heterocycles. The summed E-state index contributed by atoms with van der Waals surface area (Å²) in [7, 11) is 1.68. The van der Waals surface area contributed by atoms with E-state index in [9.17, 15) is 0 Å². The fraction of sp³-hybridized carbons (Fsp3) is 0.143. The molecule has 1 unspecified atom stereocenters. The molecule has 2 aromatic rings. The van der Waals surface area contributed by atoms with Crippen molar-refractivity contribution < 1.29 is 4.74 Å². The highest BCUT2D eigenvalue weighted by Crippen LogP contribution is 2.32. The SMILES string of the molecule is COc1ccc(C(Br)c2ccc(Br)cc2)cc1. The molecule has 1 nitrogen and oxygen atoms in total. The Hall–Kier alpha value is -0.800. The molecule has 3 heteroatoms. The Bertz CT molecular complexity index is 477. The van der Waals surface area contributed by atoms with Crippen LogP contribution in [0.25, 0.3) is 0 Å². The summed E-state index contributed by atoms with van der Waals surface area (Å²) in [4.78, 5) is 0.210. The predicted octanol–water partition coefficient (Wildman–Crippen LogP) is 4.94. The van der Waals surface area contributed by atoms with Crippen molar-refractivity contribution in [1.82, 2.24) is 0 Å². The van der Waals surface area contributed by atoms with Crippen LogP contribution in [0.1, 0.15) is 16.0 Å². The lowest BCUT2D eigenvalue weighted by atomic mass is 10.1. The van der Waals surface area contributed by atoms with Gasteiger partial charge < -0.3 is 4.74 Å².